The maximum absolute atomic E-state index is 13.5. The first-order valence-electron chi connectivity index (χ1n) is 11.5. The van der Waals surface area contributed by atoms with Gasteiger partial charge in [0.25, 0.3) is 11.8 Å². The maximum atomic E-state index is 13.5. The van der Waals surface area contributed by atoms with Crippen molar-refractivity contribution < 1.29 is 29.3 Å². The van der Waals surface area contributed by atoms with Crippen molar-refractivity contribution >= 4 is 34.4 Å². The van der Waals surface area contributed by atoms with Crippen LogP contribution in [0.2, 0.25) is 0 Å². The van der Waals surface area contributed by atoms with E-state index in [1.807, 2.05) is 30.3 Å². The number of rotatable bonds is 7. The molecule has 9 heteroatoms. The Morgan fingerprint density at radius 1 is 1.03 bits per heavy atom. The molecule has 3 rings (SSSR count). The quantitative estimate of drug-likeness (QED) is 0.289. The van der Waals surface area contributed by atoms with E-state index in [2.05, 4.69) is 16.7 Å². The number of para-hydroxylation sites is 1. The minimum Gasteiger partial charge on any atom is -0.508 e. The molecule has 3 aromatic rings. The number of anilines is 1. The number of carbonyl (C=O) groups excluding carboxylic acids is 3. The highest BCUT2D eigenvalue weighted by atomic mass is 16.6. The molecule has 0 heterocycles. The highest BCUT2D eigenvalue weighted by molar-refractivity contribution is 6.01. The number of aliphatic hydroxyl groups excluding tert-OH is 1. The van der Waals surface area contributed by atoms with Gasteiger partial charge < -0.3 is 25.6 Å². The molecule has 0 saturated heterocycles. The van der Waals surface area contributed by atoms with Crippen LogP contribution in [0.15, 0.2) is 66.7 Å². The predicted octanol–water partition coefficient (Wildman–Crippen LogP) is 3.53. The van der Waals surface area contributed by atoms with Crippen LogP contribution in [0.1, 0.15) is 32.4 Å². The second-order valence-corrected chi connectivity index (χ2v) is 9.23. The summed E-state index contributed by atoms with van der Waals surface area (Å²) in [7, 11) is 0. The number of nitrogens with zero attached hydrogens (tertiary/aromatic N) is 1. The summed E-state index contributed by atoms with van der Waals surface area (Å²) in [5.74, 6) is -1.93. The van der Waals surface area contributed by atoms with Crippen molar-refractivity contribution in [3.63, 3.8) is 0 Å². The van der Waals surface area contributed by atoms with E-state index in [-0.39, 0.29) is 11.3 Å². The van der Waals surface area contributed by atoms with Gasteiger partial charge in [0, 0.05) is 17.3 Å². The van der Waals surface area contributed by atoms with Crippen LogP contribution in [0.5, 0.6) is 5.75 Å². The average Bonchev–Trinajstić information content (AvgIpc) is 2.84. The Kier molecular flexibility index (Phi) is 8.37. The molecule has 0 spiro atoms. The number of amides is 3. The molecule has 2 unspecified atom stereocenters. The Hall–Kier alpha value is -4.55. The molecule has 3 aromatic carbocycles. The fraction of sp³-hybridized carbons (Fsp3) is 0.250. The number of carbonyl (C=O) groups is 3. The van der Waals surface area contributed by atoms with E-state index < -0.39 is 42.2 Å². The number of phenolic OH excluding ortho intramolecular Hbond substituents is 1. The van der Waals surface area contributed by atoms with Gasteiger partial charge in [-0.3, -0.25) is 14.5 Å². The van der Waals surface area contributed by atoms with Crippen molar-refractivity contribution in [1.29, 1.82) is 0 Å². The molecule has 2 atom stereocenters. The van der Waals surface area contributed by atoms with Crippen LogP contribution >= 0.6 is 0 Å². The molecule has 0 aliphatic rings. The number of hydrogen-bond donors (Lipinski definition) is 4. The molecule has 0 saturated carbocycles. The fourth-order valence-electron chi connectivity index (χ4n) is 3.66. The van der Waals surface area contributed by atoms with Gasteiger partial charge in [-0.15, -0.1) is 0 Å². The topological polar surface area (TPSA) is 128 Å². The number of aliphatic hydroxyl groups is 1. The van der Waals surface area contributed by atoms with Crippen molar-refractivity contribution in [1.82, 2.24) is 10.2 Å². The Balaban J connectivity index is 1.94. The van der Waals surface area contributed by atoms with Crippen LogP contribution in [-0.4, -0.2) is 51.3 Å². The molecule has 0 bridgehead atoms. The number of alkyl carbamates (subject to hydrolysis) is 1. The van der Waals surface area contributed by atoms with Crippen LogP contribution in [0.25, 0.3) is 10.8 Å². The van der Waals surface area contributed by atoms with E-state index in [1.54, 1.807) is 45.0 Å². The second-order valence-electron chi connectivity index (χ2n) is 9.23. The summed E-state index contributed by atoms with van der Waals surface area (Å²) in [6, 6.07) is 18.0. The lowest BCUT2D eigenvalue weighted by molar-refractivity contribution is -0.137. The average molecular weight is 504 g/mol. The summed E-state index contributed by atoms with van der Waals surface area (Å²) >= 11 is 0. The van der Waals surface area contributed by atoms with Gasteiger partial charge in [-0.2, -0.15) is 0 Å². The first kappa shape index (κ1) is 27.0. The summed E-state index contributed by atoms with van der Waals surface area (Å²) in [4.78, 5) is 39.9. The third-order valence-electron chi connectivity index (χ3n) is 5.30. The predicted molar refractivity (Wildman–Crippen MR) is 139 cm³/mol. The molecular weight excluding hydrogens is 474 g/mol. The zero-order chi connectivity index (χ0) is 27.2. The number of aromatic hydroxyl groups is 1. The Morgan fingerprint density at radius 2 is 1.68 bits per heavy atom. The van der Waals surface area contributed by atoms with Crippen molar-refractivity contribution in [3.8, 4) is 18.2 Å². The zero-order valence-electron chi connectivity index (χ0n) is 20.8. The molecule has 9 nitrogen and oxygen atoms in total. The minimum atomic E-state index is -1.51. The molecule has 0 aliphatic carbocycles. The van der Waals surface area contributed by atoms with Crippen molar-refractivity contribution in [2.75, 3.05) is 11.9 Å². The number of benzene rings is 3. The number of nitrogens with one attached hydrogen (secondary N) is 2. The number of ether oxygens (including phenoxy) is 1. The summed E-state index contributed by atoms with van der Waals surface area (Å²) in [5, 5.41) is 27.2. The number of phenols is 1. The normalized spacial score (nSPS) is 12.6. The summed E-state index contributed by atoms with van der Waals surface area (Å²) in [6.07, 6.45) is 4.71. The van der Waals surface area contributed by atoms with Crippen molar-refractivity contribution in [3.05, 3.63) is 72.3 Å². The molecule has 0 radical (unpaired) electrons. The van der Waals surface area contributed by atoms with Gasteiger partial charge in [0.15, 0.2) is 6.04 Å². The molecule has 3 amide bonds. The zero-order valence-corrected chi connectivity index (χ0v) is 20.8. The molecule has 37 heavy (non-hydrogen) atoms. The van der Waals surface area contributed by atoms with Gasteiger partial charge >= 0.3 is 6.09 Å². The van der Waals surface area contributed by atoms with E-state index in [9.17, 15) is 24.6 Å². The highest BCUT2D eigenvalue weighted by Crippen LogP contribution is 2.30. The van der Waals surface area contributed by atoms with Crippen LogP contribution in [0.3, 0.4) is 0 Å². The van der Waals surface area contributed by atoms with Gasteiger partial charge in [-0.25, -0.2) is 4.79 Å². The molecule has 192 valence electrons. The van der Waals surface area contributed by atoms with E-state index in [1.165, 1.54) is 12.1 Å². The molecule has 0 aliphatic heterocycles. The molecular formula is C28H29N3O6. The minimum absolute atomic E-state index is 0.0565. The lowest BCUT2D eigenvalue weighted by Gasteiger charge is -2.30. The number of terminal acetylenes is 1. The number of fused-ring (bicyclic) bond motifs is 1. The van der Waals surface area contributed by atoms with Crippen molar-refractivity contribution in [2.45, 2.75) is 38.5 Å². The van der Waals surface area contributed by atoms with Crippen LogP contribution in [-0.2, 0) is 14.3 Å². The van der Waals surface area contributed by atoms with Crippen molar-refractivity contribution in [2.24, 2.45) is 0 Å². The Labute approximate surface area is 215 Å². The first-order valence-corrected chi connectivity index (χ1v) is 11.5. The summed E-state index contributed by atoms with van der Waals surface area (Å²) in [6.45, 7) is 4.11. The lowest BCUT2D eigenvalue weighted by Crippen LogP contribution is -2.52. The molecule has 4 N–H and O–H groups in total. The molecule has 0 aromatic heterocycles. The maximum Gasteiger partial charge on any atom is 0.408 e. The van der Waals surface area contributed by atoms with E-state index in [4.69, 9.17) is 11.2 Å². The standard InChI is InChI=1S/C28H29N3O6/c1-5-31(26(35)22(17-32)30-27(36)37-28(2,3)4)24(21-12-8-9-13-23(21)33)25(34)29-20-15-14-18-10-6-7-11-19(18)16-20/h1,6-16,22,24,32-33H,17H2,2-4H3,(H,29,34)(H,30,36). The smallest absolute Gasteiger partial charge is 0.408 e. The van der Waals surface area contributed by atoms with Gasteiger partial charge in [0.2, 0.25) is 0 Å². The largest absolute Gasteiger partial charge is 0.508 e. The van der Waals surface area contributed by atoms with E-state index in [0.717, 1.165) is 15.7 Å². The SMILES string of the molecule is C#CN(C(=O)C(CO)NC(=O)OC(C)(C)C)C(C(=O)Nc1ccc2ccccc2c1)c1ccccc1O. The summed E-state index contributed by atoms with van der Waals surface area (Å²) in [5.41, 5.74) is -0.350. The lowest BCUT2D eigenvalue weighted by atomic mass is 10.0. The van der Waals surface area contributed by atoms with Crippen LogP contribution in [0, 0.1) is 12.5 Å². The third kappa shape index (κ3) is 6.78. The van der Waals surface area contributed by atoms with Crippen LogP contribution in [0.4, 0.5) is 10.5 Å². The van der Waals surface area contributed by atoms with Gasteiger partial charge in [0.1, 0.15) is 17.4 Å². The van der Waals surface area contributed by atoms with E-state index >= 15 is 0 Å². The third-order valence-corrected chi connectivity index (χ3v) is 5.30. The fourth-order valence-corrected chi connectivity index (χ4v) is 3.66. The molecule has 0 fully saturated rings. The van der Waals surface area contributed by atoms with Gasteiger partial charge in [0.05, 0.1) is 6.61 Å². The number of hydrogen-bond acceptors (Lipinski definition) is 6. The Bertz CT molecular complexity index is 1340. The monoisotopic (exact) mass is 503 g/mol. The first-order chi connectivity index (χ1) is 17.5. The van der Waals surface area contributed by atoms with Gasteiger partial charge in [-0.1, -0.05) is 55.0 Å². The van der Waals surface area contributed by atoms with E-state index in [0.29, 0.717) is 5.69 Å². The summed E-state index contributed by atoms with van der Waals surface area (Å²) < 4.78 is 5.16. The van der Waals surface area contributed by atoms with Gasteiger partial charge in [-0.05, 0) is 49.7 Å². The second kappa shape index (κ2) is 11.5. The van der Waals surface area contributed by atoms with Crippen LogP contribution < -0.4 is 10.6 Å². The highest BCUT2D eigenvalue weighted by Gasteiger charge is 2.37. The Morgan fingerprint density at radius 3 is 2.30 bits per heavy atom.